The van der Waals surface area contributed by atoms with Gasteiger partial charge in [-0.2, -0.15) is 4.31 Å². The molecule has 1 amide bonds. The van der Waals surface area contributed by atoms with Crippen LogP contribution in [0.2, 0.25) is 0 Å². The number of esters is 1. The zero-order valence-electron chi connectivity index (χ0n) is 16.8. The zero-order chi connectivity index (χ0) is 22.3. The fourth-order valence-corrected chi connectivity index (χ4v) is 4.07. The first kappa shape index (κ1) is 23.3. The van der Waals surface area contributed by atoms with Crippen LogP contribution in [0, 0.1) is 5.82 Å². The van der Waals surface area contributed by atoms with Gasteiger partial charge in [0.15, 0.2) is 6.61 Å². The molecule has 0 aliphatic carbocycles. The molecule has 0 aliphatic rings. The van der Waals surface area contributed by atoms with E-state index < -0.39 is 33.3 Å². The third kappa shape index (κ3) is 5.55. The number of anilines is 1. The van der Waals surface area contributed by atoms with Gasteiger partial charge in [-0.25, -0.2) is 17.6 Å². The van der Waals surface area contributed by atoms with Gasteiger partial charge in [-0.05, 0) is 42.5 Å². The van der Waals surface area contributed by atoms with Crippen molar-refractivity contribution in [3.8, 4) is 5.75 Å². The summed E-state index contributed by atoms with van der Waals surface area (Å²) in [5.74, 6) is -1.81. The van der Waals surface area contributed by atoms with Crippen LogP contribution < -0.4 is 10.1 Å². The maximum atomic E-state index is 14.2. The minimum Gasteiger partial charge on any atom is -0.482 e. The molecule has 0 fully saturated rings. The predicted octanol–water partition coefficient (Wildman–Crippen LogP) is 2.66. The van der Waals surface area contributed by atoms with Crippen molar-refractivity contribution in [1.29, 1.82) is 0 Å². The Labute approximate surface area is 174 Å². The summed E-state index contributed by atoms with van der Waals surface area (Å²) in [5.41, 5.74) is -0.0592. The second-order valence-electron chi connectivity index (χ2n) is 6.07. The van der Waals surface area contributed by atoms with Crippen LogP contribution >= 0.6 is 0 Å². The molecule has 0 saturated heterocycles. The van der Waals surface area contributed by atoms with Gasteiger partial charge in [-0.15, -0.1) is 0 Å². The van der Waals surface area contributed by atoms with E-state index in [1.54, 1.807) is 13.8 Å². The number of carbonyl (C=O) groups is 2. The molecule has 0 radical (unpaired) electrons. The van der Waals surface area contributed by atoms with Crippen LogP contribution in [0.15, 0.2) is 47.4 Å². The van der Waals surface area contributed by atoms with E-state index >= 15 is 0 Å². The normalized spacial score (nSPS) is 11.2. The van der Waals surface area contributed by atoms with Gasteiger partial charge < -0.3 is 14.8 Å². The van der Waals surface area contributed by atoms with E-state index in [9.17, 15) is 22.4 Å². The van der Waals surface area contributed by atoms with Crippen LogP contribution in [0.3, 0.4) is 0 Å². The van der Waals surface area contributed by atoms with Crippen molar-refractivity contribution in [1.82, 2.24) is 4.31 Å². The molecule has 2 aromatic rings. The van der Waals surface area contributed by atoms with E-state index in [0.29, 0.717) is 11.4 Å². The Morgan fingerprint density at radius 2 is 1.70 bits per heavy atom. The van der Waals surface area contributed by atoms with Crippen molar-refractivity contribution >= 4 is 27.6 Å². The Hall–Kier alpha value is -2.98. The summed E-state index contributed by atoms with van der Waals surface area (Å²) in [4.78, 5) is 23.4. The van der Waals surface area contributed by atoms with Gasteiger partial charge in [0.2, 0.25) is 10.0 Å². The smallest absolute Gasteiger partial charge is 0.343 e. The summed E-state index contributed by atoms with van der Waals surface area (Å²) < 4.78 is 50.4. The molecule has 8 nitrogen and oxygen atoms in total. The Morgan fingerprint density at radius 1 is 1.07 bits per heavy atom. The number of benzene rings is 2. The quantitative estimate of drug-likeness (QED) is 0.604. The number of carbonyl (C=O) groups excluding carboxylic acids is 2. The van der Waals surface area contributed by atoms with Gasteiger partial charge in [0.25, 0.3) is 5.91 Å². The van der Waals surface area contributed by atoms with Crippen LogP contribution in [-0.2, 0) is 19.6 Å². The number of nitrogens with zero attached hydrogens (tertiary/aromatic N) is 1. The summed E-state index contributed by atoms with van der Waals surface area (Å²) in [6.45, 7) is 3.62. The van der Waals surface area contributed by atoms with E-state index in [1.807, 2.05) is 0 Å². The fraction of sp³-hybridized carbons (Fsp3) is 0.300. The van der Waals surface area contributed by atoms with E-state index in [2.05, 4.69) is 10.1 Å². The van der Waals surface area contributed by atoms with Gasteiger partial charge in [-0.3, -0.25) is 4.79 Å². The molecule has 2 rings (SSSR count). The lowest BCUT2D eigenvalue weighted by Crippen LogP contribution is -2.31. The second-order valence-corrected chi connectivity index (χ2v) is 8.01. The van der Waals surface area contributed by atoms with Crippen LogP contribution in [0.1, 0.15) is 24.2 Å². The lowest BCUT2D eigenvalue weighted by molar-refractivity contribution is -0.142. The lowest BCUT2D eigenvalue weighted by atomic mass is 10.2. The third-order valence-electron chi connectivity index (χ3n) is 4.22. The van der Waals surface area contributed by atoms with E-state index in [-0.39, 0.29) is 24.6 Å². The average molecular weight is 438 g/mol. The molecule has 0 unspecified atom stereocenters. The molecular formula is C20H23FN2O6S. The Balaban J connectivity index is 2.18. The number of nitrogens with one attached hydrogen (secondary N) is 1. The summed E-state index contributed by atoms with van der Waals surface area (Å²) in [6.07, 6.45) is 0. The Morgan fingerprint density at radius 3 is 2.27 bits per heavy atom. The average Bonchev–Trinajstić information content (AvgIpc) is 2.73. The molecule has 162 valence electrons. The number of amides is 1. The standard InChI is InChI=1S/C20H23FN2O6S/c1-4-23(5-2)30(26,27)16-10-11-18(21)17(12-16)20(25)22-14-6-8-15(9-7-14)29-13-19(24)28-3/h6-12H,4-5,13H2,1-3H3,(H,22,25). The zero-order valence-corrected chi connectivity index (χ0v) is 17.7. The van der Waals surface area contributed by atoms with Crippen molar-refractivity contribution < 1.29 is 31.9 Å². The number of sulfonamides is 1. The highest BCUT2D eigenvalue weighted by Gasteiger charge is 2.24. The van der Waals surface area contributed by atoms with Crippen molar-refractivity contribution in [2.75, 3.05) is 32.1 Å². The highest BCUT2D eigenvalue weighted by Crippen LogP contribution is 2.21. The Bertz CT molecular complexity index is 1000. The molecule has 10 heteroatoms. The molecule has 1 N–H and O–H groups in total. The lowest BCUT2D eigenvalue weighted by Gasteiger charge is -2.19. The van der Waals surface area contributed by atoms with Crippen molar-refractivity contribution in [2.45, 2.75) is 18.7 Å². The first-order valence-electron chi connectivity index (χ1n) is 9.13. The summed E-state index contributed by atoms with van der Waals surface area (Å²) in [7, 11) is -2.59. The number of hydrogen-bond acceptors (Lipinski definition) is 6. The molecule has 0 aromatic heterocycles. The second kappa shape index (κ2) is 10.2. The third-order valence-corrected chi connectivity index (χ3v) is 6.27. The van der Waals surface area contributed by atoms with Crippen molar-refractivity contribution in [3.63, 3.8) is 0 Å². The molecule has 0 heterocycles. The monoisotopic (exact) mass is 438 g/mol. The largest absolute Gasteiger partial charge is 0.482 e. The molecule has 2 aromatic carbocycles. The van der Waals surface area contributed by atoms with Crippen molar-refractivity contribution in [2.24, 2.45) is 0 Å². The van der Waals surface area contributed by atoms with Gasteiger partial charge in [-0.1, -0.05) is 13.8 Å². The Kier molecular flexibility index (Phi) is 7.90. The fourth-order valence-electron chi connectivity index (χ4n) is 2.59. The van der Waals surface area contributed by atoms with Gasteiger partial charge >= 0.3 is 5.97 Å². The number of halogens is 1. The molecule has 0 aliphatic heterocycles. The molecular weight excluding hydrogens is 415 g/mol. The molecule has 0 bridgehead atoms. The van der Waals surface area contributed by atoms with Crippen LogP contribution in [0.5, 0.6) is 5.75 Å². The summed E-state index contributed by atoms with van der Waals surface area (Å²) in [6, 6.07) is 9.12. The highest BCUT2D eigenvalue weighted by atomic mass is 32.2. The topological polar surface area (TPSA) is 102 Å². The van der Waals surface area contributed by atoms with Gasteiger partial charge in [0.1, 0.15) is 11.6 Å². The first-order chi connectivity index (χ1) is 14.2. The van der Waals surface area contributed by atoms with Crippen molar-refractivity contribution in [3.05, 3.63) is 53.8 Å². The minimum absolute atomic E-state index is 0.163. The molecule has 0 saturated carbocycles. The van der Waals surface area contributed by atoms with Crippen LogP contribution in [0.25, 0.3) is 0 Å². The van der Waals surface area contributed by atoms with Crippen LogP contribution in [-0.4, -0.2) is 51.4 Å². The number of ether oxygens (including phenoxy) is 2. The maximum Gasteiger partial charge on any atom is 0.343 e. The van der Waals surface area contributed by atoms with E-state index in [0.717, 1.165) is 18.2 Å². The number of hydrogen-bond donors (Lipinski definition) is 1. The molecule has 0 atom stereocenters. The van der Waals surface area contributed by atoms with E-state index in [1.165, 1.54) is 35.7 Å². The first-order valence-corrected chi connectivity index (χ1v) is 10.6. The minimum atomic E-state index is -3.84. The molecule has 30 heavy (non-hydrogen) atoms. The number of methoxy groups -OCH3 is 1. The van der Waals surface area contributed by atoms with Crippen LogP contribution in [0.4, 0.5) is 10.1 Å². The maximum absolute atomic E-state index is 14.2. The van der Waals surface area contributed by atoms with Gasteiger partial charge in [0, 0.05) is 18.8 Å². The van der Waals surface area contributed by atoms with E-state index in [4.69, 9.17) is 4.74 Å². The predicted molar refractivity (Wildman–Crippen MR) is 108 cm³/mol. The molecule has 0 spiro atoms. The highest BCUT2D eigenvalue weighted by molar-refractivity contribution is 7.89. The number of rotatable bonds is 9. The summed E-state index contributed by atoms with van der Waals surface area (Å²) in [5, 5.41) is 2.50. The summed E-state index contributed by atoms with van der Waals surface area (Å²) >= 11 is 0. The van der Waals surface area contributed by atoms with Gasteiger partial charge in [0.05, 0.1) is 17.6 Å². The SMILES string of the molecule is CCN(CC)S(=O)(=O)c1ccc(F)c(C(=O)Nc2ccc(OCC(=O)OC)cc2)c1.